The van der Waals surface area contributed by atoms with Gasteiger partial charge in [0.1, 0.15) is 11.6 Å². The molecule has 1 atom stereocenters. The molecule has 26 heavy (non-hydrogen) atoms. The van der Waals surface area contributed by atoms with Crippen LogP contribution in [-0.4, -0.2) is 54.9 Å². The highest BCUT2D eigenvalue weighted by molar-refractivity contribution is 5.84. The van der Waals surface area contributed by atoms with E-state index < -0.39 is 5.41 Å². The Kier molecular flexibility index (Phi) is 5.46. The standard InChI is InChI=1S/C19H26FN3O3/c1-26-15-3-4-16(20)14(11-15)12-23-8-2-6-19(18(23)25)7-10-22(13-19)9-5-17(21)24/h3-4,11H,2,5-10,12-13H2,1H3,(H2,21,24)/t19-/m1/s1. The topological polar surface area (TPSA) is 75.9 Å². The normalized spacial score (nSPS) is 23.6. The molecule has 0 unspecified atom stereocenters. The lowest BCUT2D eigenvalue weighted by molar-refractivity contribution is -0.146. The summed E-state index contributed by atoms with van der Waals surface area (Å²) in [6.07, 6.45) is 2.83. The van der Waals surface area contributed by atoms with Crippen molar-refractivity contribution in [2.24, 2.45) is 11.1 Å². The summed E-state index contributed by atoms with van der Waals surface area (Å²) in [5.41, 5.74) is 5.29. The van der Waals surface area contributed by atoms with Crippen molar-refractivity contribution < 1.29 is 18.7 Å². The Morgan fingerprint density at radius 2 is 2.15 bits per heavy atom. The van der Waals surface area contributed by atoms with Crippen LogP contribution in [0.25, 0.3) is 0 Å². The van der Waals surface area contributed by atoms with Crippen molar-refractivity contribution in [3.63, 3.8) is 0 Å². The summed E-state index contributed by atoms with van der Waals surface area (Å²) in [4.78, 5) is 28.1. The van der Waals surface area contributed by atoms with Crippen LogP contribution in [0.1, 0.15) is 31.2 Å². The van der Waals surface area contributed by atoms with Crippen LogP contribution in [-0.2, 0) is 16.1 Å². The second-order valence-electron chi connectivity index (χ2n) is 7.31. The van der Waals surface area contributed by atoms with Crippen molar-refractivity contribution in [2.45, 2.75) is 32.2 Å². The first-order valence-electron chi connectivity index (χ1n) is 9.06. The molecule has 0 bridgehead atoms. The number of benzene rings is 1. The Balaban J connectivity index is 1.69. The van der Waals surface area contributed by atoms with Crippen molar-refractivity contribution >= 4 is 11.8 Å². The number of likely N-dealkylation sites (tertiary alicyclic amines) is 2. The summed E-state index contributed by atoms with van der Waals surface area (Å²) in [6.45, 7) is 2.93. The fourth-order valence-corrected chi connectivity index (χ4v) is 4.10. The van der Waals surface area contributed by atoms with E-state index >= 15 is 0 Å². The van der Waals surface area contributed by atoms with Gasteiger partial charge in [-0.1, -0.05) is 0 Å². The molecule has 2 heterocycles. The predicted molar refractivity (Wildman–Crippen MR) is 94.9 cm³/mol. The minimum absolute atomic E-state index is 0.0903. The number of nitrogens with two attached hydrogens (primary N) is 1. The van der Waals surface area contributed by atoms with E-state index in [9.17, 15) is 14.0 Å². The Hall–Kier alpha value is -2.15. The zero-order chi connectivity index (χ0) is 18.7. The quantitative estimate of drug-likeness (QED) is 0.832. The van der Waals surface area contributed by atoms with Crippen molar-refractivity contribution in [2.75, 3.05) is 33.3 Å². The van der Waals surface area contributed by atoms with Crippen molar-refractivity contribution in [1.82, 2.24) is 9.80 Å². The first-order chi connectivity index (χ1) is 12.4. The molecule has 0 aromatic heterocycles. The molecule has 1 aromatic rings. The van der Waals surface area contributed by atoms with Gasteiger partial charge in [0.15, 0.2) is 0 Å². The zero-order valence-corrected chi connectivity index (χ0v) is 15.2. The summed E-state index contributed by atoms with van der Waals surface area (Å²) >= 11 is 0. The van der Waals surface area contributed by atoms with Crippen molar-refractivity contribution in [3.8, 4) is 5.75 Å². The van der Waals surface area contributed by atoms with Gasteiger partial charge in [-0.3, -0.25) is 9.59 Å². The number of piperidine rings is 1. The third kappa shape index (κ3) is 3.82. The highest BCUT2D eigenvalue weighted by Gasteiger charge is 2.48. The lowest BCUT2D eigenvalue weighted by Crippen LogP contribution is -2.49. The molecule has 0 aliphatic carbocycles. The monoisotopic (exact) mass is 363 g/mol. The SMILES string of the molecule is COc1ccc(F)c(CN2CCC[C@]3(CCN(CCC(N)=O)C3)C2=O)c1. The molecule has 2 saturated heterocycles. The highest BCUT2D eigenvalue weighted by atomic mass is 19.1. The number of carbonyl (C=O) groups excluding carboxylic acids is 2. The van der Waals surface area contributed by atoms with E-state index in [1.54, 1.807) is 17.0 Å². The first-order valence-corrected chi connectivity index (χ1v) is 9.06. The number of ether oxygens (including phenoxy) is 1. The number of halogens is 1. The van der Waals surface area contributed by atoms with E-state index in [-0.39, 0.29) is 24.2 Å². The molecule has 2 amide bonds. The molecule has 2 N–H and O–H groups in total. The lowest BCUT2D eigenvalue weighted by atomic mass is 9.78. The first kappa shape index (κ1) is 18.6. The van der Waals surface area contributed by atoms with Gasteiger partial charge in [0.25, 0.3) is 0 Å². The second-order valence-corrected chi connectivity index (χ2v) is 7.31. The summed E-state index contributed by atoms with van der Waals surface area (Å²) in [7, 11) is 1.54. The van der Waals surface area contributed by atoms with E-state index in [1.807, 2.05) is 0 Å². The fourth-order valence-electron chi connectivity index (χ4n) is 4.10. The number of amides is 2. The molecule has 6 nitrogen and oxygen atoms in total. The smallest absolute Gasteiger partial charge is 0.230 e. The van der Waals surface area contributed by atoms with Crippen molar-refractivity contribution in [3.05, 3.63) is 29.6 Å². The van der Waals surface area contributed by atoms with Gasteiger partial charge < -0.3 is 20.3 Å². The summed E-state index contributed by atoms with van der Waals surface area (Å²) in [5.74, 6) is 0.0235. The van der Waals surface area contributed by atoms with Crippen LogP contribution in [0.2, 0.25) is 0 Å². The Labute approximate surface area is 153 Å². The molecule has 0 radical (unpaired) electrons. The van der Waals surface area contributed by atoms with Crippen LogP contribution >= 0.6 is 0 Å². The fraction of sp³-hybridized carbons (Fsp3) is 0.579. The van der Waals surface area contributed by atoms with Gasteiger partial charge in [-0.05, 0) is 44.0 Å². The minimum atomic E-state index is -0.411. The van der Waals surface area contributed by atoms with Crippen LogP contribution in [0.5, 0.6) is 5.75 Å². The number of hydrogen-bond acceptors (Lipinski definition) is 4. The van der Waals surface area contributed by atoms with E-state index in [4.69, 9.17) is 10.5 Å². The van der Waals surface area contributed by atoms with Gasteiger partial charge in [-0.25, -0.2) is 4.39 Å². The average Bonchev–Trinajstić information content (AvgIpc) is 3.03. The molecule has 1 aromatic carbocycles. The zero-order valence-electron chi connectivity index (χ0n) is 15.2. The lowest BCUT2D eigenvalue weighted by Gasteiger charge is -2.39. The average molecular weight is 363 g/mol. The van der Waals surface area contributed by atoms with Crippen LogP contribution in [0.4, 0.5) is 4.39 Å². The van der Waals surface area contributed by atoms with Crippen LogP contribution in [0.3, 0.4) is 0 Å². The molecule has 0 saturated carbocycles. The minimum Gasteiger partial charge on any atom is -0.497 e. The number of nitrogens with zero attached hydrogens (tertiary/aromatic N) is 2. The summed E-state index contributed by atoms with van der Waals surface area (Å²) < 4.78 is 19.3. The van der Waals surface area contributed by atoms with Crippen LogP contribution < -0.4 is 10.5 Å². The van der Waals surface area contributed by atoms with Gasteiger partial charge in [0.2, 0.25) is 11.8 Å². The predicted octanol–water partition coefficient (Wildman–Crippen LogP) is 1.52. The number of rotatable bonds is 6. The third-order valence-corrected chi connectivity index (χ3v) is 5.55. The number of hydrogen-bond donors (Lipinski definition) is 1. The van der Waals surface area contributed by atoms with Gasteiger partial charge in [0, 0.05) is 38.2 Å². The van der Waals surface area contributed by atoms with Crippen LogP contribution in [0.15, 0.2) is 18.2 Å². The maximum absolute atomic E-state index is 14.1. The van der Waals surface area contributed by atoms with Gasteiger partial charge in [0.05, 0.1) is 12.5 Å². The molecule has 3 rings (SSSR count). The van der Waals surface area contributed by atoms with E-state index in [0.29, 0.717) is 37.4 Å². The highest BCUT2D eigenvalue weighted by Crippen LogP contribution is 2.40. The van der Waals surface area contributed by atoms with Gasteiger partial charge in [-0.15, -0.1) is 0 Å². The van der Waals surface area contributed by atoms with Crippen LogP contribution in [0, 0.1) is 11.2 Å². The number of carbonyl (C=O) groups is 2. The Morgan fingerprint density at radius 1 is 1.35 bits per heavy atom. The summed E-state index contributed by atoms with van der Waals surface area (Å²) in [6, 6.07) is 4.60. The van der Waals surface area contributed by atoms with E-state index in [1.165, 1.54) is 13.2 Å². The Bertz CT molecular complexity index is 697. The largest absolute Gasteiger partial charge is 0.497 e. The summed E-state index contributed by atoms with van der Waals surface area (Å²) in [5, 5.41) is 0. The van der Waals surface area contributed by atoms with E-state index in [0.717, 1.165) is 25.8 Å². The molecular formula is C19H26FN3O3. The number of methoxy groups -OCH3 is 1. The van der Waals surface area contributed by atoms with Gasteiger partial charge >= 0.3 is 0 Å². The Morgan fingerprint density at radius 3 is 2.88 bits per heavy atom. The second kappa shape index (κ2) is 7.61. The van der Waals surface area contributed by atoms with Gasteiger partial charge in [-0.2, -0.15) is 0 Å². The maximum atomic E-state index is 14.1. The molecular weight excluding hydrogens is 337 g/mol. The molecule has 7 heteroatoms. The van der Waals surface area contributed by atoms with E-state index in [2.05, 4.69) is 4.90 Å². The molecule has 142 valence electrons. The maximum Gasteiger partial charge on any atom is 0.230 e. The van der Waals surface area contributed by atoms with Crippen molar-refractivity contribution in [1.29, 1.82) is 0 Å². The molecule has 2 fully saturated rings. The molecule has 2 aliphatic heterocycles. The number of primary amides is 1. The molecule has 1 spiro atoms. The third-order valence-electron chi connectivity index (χ3n) is 5.55. The molecule has 2 aliphatic rings.